The molecule has 0 saturated carbocycles. The maximum Gasteiger partial charge on any atom is 0.262 e. The molecule has 1 amide bonds. The van der Waals surface area contributed by atoms with Gasteiger partial charge in [-0.3, -0.25) is 9.52 Å². The quantitative estimate of drug-likeness (QED) is 0.731. The average molecular weight is 376 g/mol. The molecule has 26 heavy (non-hydrogen) atoms. The predicted molar refractivity (Wildman–Crippen MR) is 103 cm³/mol. The second-order valence-electron chi connectivity index (χ2n) is 5.94. The Morgan fingerprint density at radius 3 is 2.58 bits per heavy atom. The first-order chi connectivity index (χ1) is 12.4. The van der Waals surface area contributed by atoms with Crippen LogP contribution in [0, 0.1) is 6.92 Å². The van der Waals surface area contributed by atoms with E-state index in [0.717, 1.165) is 12.8 Å². The lowest BCUT2D eigenvalue weighted by Crippen LogP contribution is -2.16. The van der Waals surface area contributed by atoms with Crippen LogP contribution in [0.5, 0.6) is 5.75 Å². The van der Waals surface area contributed by atoms with Crippen molar-refractivity contribution in [2.24, 2.45) is 0 Å². The minimum atomic E-state index is -3.83. The Hall–Kier alpha value is -2.54. The number of hydrogen-bond donors (Lipinski definition) is 2. The highest BCUT2D eigenvalue weighted by atomic mass is 32.2. The lowest BCUT2D eigenvalue weighted by atomic mass is 10.2. The summed E-state index contributed by atoms with van der Waals surface area (Å²) in [5.41, 5.74) is 1.39. The molecule has 0 unspecified atom stereocenters. The first-order valence-electron chi connectivity index (χ1n) is 8.43. The molecule has 0 spiro atoms. The zero-order chi connectivity index (χ0) is 19.2. The van der Waals surface area contributed by atoms with Crippen molar-refractivity contribution in [3.8, 4) is 5.75 Å². The normalized spacial score (nSPS) is 11.0. The molecule has 0 saturated heterocycles. The zero-order valence-corrected chi connectivity index (χ0v) is 16.0. The van der Waals surface area contributed by atoms with Crippen molar-refractivity contribution in [1.82, 2.24) is 0 Å². The highest BCUT2D eigenvalue weighted by Gasteiger charge is 2.19. The average Bonchev–Trinajstić information content (AvgIpc) is 2.61. The van der Waals surface area contributed by atoms with E-state index in [-0.39, 0.29) is 10.8 Å². The fourth-order valence-corrected chi connectivity index (χ4v) is 3.80. The lowest BCUT2D eigenvalue weighted by Gasteiger charge is -2.14. The number of aryl methyl sites for hydroxylation is 1. The summed E-state index contributed by atoms with van der Waals surface area (Å²) >= 11 is 0. The van der Waals surface area contributed by atoms with Crippen LogP contribution in [0.4, 0.5) is 11.4 Å². The summed E-state index contributed by atoms with van der Waals surface area (Å²) in [5, 5.41) is 2.75. The molecule has 0 aliphatic rings. The summed E-state index contributed by atoms with van der Waals surface area (Å²) in [6.07, 6.45) is 2.12. The van der Waals surface area contributed by atoms with Crippen LogP contribution < -0.4 is 14.8 Å². The van der Waals surface area contributed by atoms with E-state index in [1.165, 1.54) is 13.2 Å². The van der Waals surface area contributed by atoms with Gasteiger partial charge in [-0.1, -0.05) is 31.5 Å². The molecule has 6 nitrogen and oxygen atoms in total. The fraction of sp³-hybridized carbons (Fsp3) is 0.316. The fourth-order valence-electron chi connectivity index (χ4n) is 2.46. The monoisotopic (exact) mass is 376 g/mol. The molecule has 0 atom stereocenters. The summed E-state index contributed by atoms with van der Waals surface area (Å²) in [6, 6.07) is 11.6. The molecule has 7 heteroatoms. The van der Waals surface area contributed by atoms with Crippen molar-refractivity contribution in [3.05, 3.63) is 48.0 Å². The number of carbonyl (C=O) groups is 1. The summed E-state index contributed by atoms with van der Waals surface area (Å²) in [4.78, 5) is 12.0. The van der Waals surface area contributed by atoms with Crippen LogP contribution in [0.2, 0.25) is 0 Å². The summed E-state index contributed by atoms with van der Waals surface area (Å²) in [7, 11) is -2.36. The molecule has 140 valence electrons. The smallest absolute Gasteiger partial charge is 0.262 e. The summed E-state index contributed by atoms with van der Waals surface area (Å²) in [6.45, 7) is 3.72. The number of amides is 1. The van der Waals surface area contributed by atoms with Gasteiger partial charge in [0.1, 0.15) is 5.75 Å². The molecule has 0 aliphatic heterocycles. The van der Waals surface area contributed by atoms with Crippen LogP contribution >= 0.6 is 0 Å². The molecule has 0 aliphatic carbocycles. The van der Waals surface area contributed by atoms with Crippen LogP contribution in [-0.2, 0) is 14.8 Å². The van der Waals surface area contributed by atoms with Gasteiger partial charge in [0.05, 0.1) is 17.7 Å². The third-order valence-corrected chi connectivity index (χ3v) is 5.38. The van der Waals surface area contributed by atoms with Crippen LogP contribution in [0.25, 0.3) is 0 Å². The number of unbranched alkanes of at least 4 members (excludes halogenated alkanes) is 1. The van der Waals surface area contributed by atoms with Gasteiger partial charge >= 0.3 is 0 Å². The van der Waals surface area contributed by atoms with E-state index in [1.807, 2.05) is 6.92 Å². The second-order valence-corrected chi connectivity index (χ2v) is 7.59. The number of para-hydroxylation sites is 2. The zero-order valence-electron chi connectivity index (χ0n) is 15.2. The first kappa shape index (κ1) is 19.8. The Morgan fingerprint density at radius 2 is 1.88 bits per heavy atom. The third kappa shape index (κ3) is 4.98. The molecule has 2 aromatic carbocycles. The summed E-state index contributed by atoms with van der Waals surface area (Å²) in [5.74, 6) is 0.300. The lowest BCUT2D eigenvalue weighted by molar-refractivity contribution is -0.116. The van der Waals surface area contributed by atoms with Gasteiger partial charge in [0, 0.05) is 12.1 Å². The minimum Gasteiger partial charge on any atom is -0.495 e. The Balaban J connectivity index is 2.28. The predicted octanol–water partition coefficient (Wildman–Crippen LogP) is 3.93. The summed E-state index contributed by atoms with van der Waals surface area (Å²) < 4.78 is 33.4. The van der Waals surface area contributed by atoms with Gasteiger partial charge in [-0.25, -0.2) is 8.42 Å². The van der Waals surface area contributed by atoms with Gasteiger partial charge in [0.2, 0.25) is 5.91 Å². The third-order valence-electron chi connectivity index (χ3n) is 3.87. The van der Waals surface area contributed by atoms with E-state index < -0.39 is 10.0 Å². The minimum absolute atomic E-state index is 0.108. The van der Waals surface area contributed by atoms with E-state index in [1.54, 1.807) is 43.3 Å². The van der Waals surface area contributed by atoms with Crippen molar-refractivity contribution in [3.63, 3.8) is 0 Å². The van der Waals surface area contributed by atoms with Gasteiger partial charge in [0.15, 0.2) is 0 Å². The van der Waals surface area contributed by atoms with Crippen LogP contribution in [0.15, 0.2) is 47.4 Å². The number of benzene rings is 2. The Labute approximate surface area is 154 Å². The van der Waals surface area contributed by atoms with E-state index in [2.05, 4.69) is 10.0 Å². The molecule has 2 N–H and O–H groups in total. The second kappa shape index (κ2) is 8.71. The van der Waals surface area contributed by atoms with Crippen LogP contribution in [0.3, 0.4) is 0 Å². The van der Waals surface area contributed by atoms with Crippen LogP contribution in [-0.4, -0.2) is 21.4 Å². The van der Waals surface area contributed by atoms with Gasteiger partial charge < -0.3 is 10.1 Å². The number of carbonyl (C=O) groups excluding carboxylic acids is 1. The number of nitrogens with one attached hydrogen (secondary N) is 2. The van der Waals surface area contributed by atoms with Gasteiger partial charge in [0.25, 0.3) is 10.0 Å². The topological polar surface area (TPSA) is 84.5 Å². The maximum atomic E-state index is 12.8. The van der Waals surface area contributed by atoms with Gasteiger partial charge in [-0.05, 0) is 43.2 Å². The van der Waals surface area contributed by atoms with E-state index >= 15 is 0 Å². The molecular weight excluding hydrogens is 352 g/mol. The maximum absolute atomic E-state index is 12.8. The van der Waals surface area contributed by atoms with Gasteiger partial charge in [-0.15, -0.1) is 0 Å². The van der Waals surface area contributed by atoms with E-state index in [4.69, 9.17) is 4.74 Å². The highest BCUT2D eigenvalue weighted by Crippen LogP contribution is 2.28. The van der Waals surface area contributed by atoms with Gasteiger partial charge in [-0.2, -0.15) is 0 Å². The Bertz CT molecular complexity index is 879. The van der Waals surface area contributed by atoms with E-state index in [9.17, 15) is 13.2 Å². The largest absolute Gasteiger partial charge is 0.495 e. The number of ether oxygens (including phenoxy) is 1. The molecular formula is C19H24N2O4S. The van der Waals surface area contributed by atoms with Crippen molar-refractivity contribution in [2.45, 2.75) is 38.0 Å². The Morgan fingerprint density at radius 1 is 1.15 bits per heavy atom. The Kier molecular flexibility index (Phi) is 6.63. The SMILES string of the molecule is CCCCC(=O)Nc1ccc(C)c(S(=O)(=O)Nc2ccccc2OC)c1. The molecule has 0 bridgehead atoms. The molecule has 0 fully saturated rings. The number of anilines is 2. The molecule has 2 rings (SSSR count). The standard InChI is InChI=1S/C19H24N2O4S/c1-4-5-10-19(22)20-15-12-11-14(2)18(13-15)26(23,24)21-16-8-6-7-9-17(16)25-3/h6-9,11-13,21H,4-5,10H2,1-3H3,(H,20,22). The number of sulfonamides is 1. The molecule has 0 aromatic heterocycles. The molecule has 0 heterocycles. The van der Waals surface area contributed by atoms with Crippen molar-refractivity contribution >= 4 is 27.3 Å². The van der Waals surface area contributed by atoms with Crippen LogP contribution in [0.1, 0.15) is 31.7 Å². The number of hydrogen-bond acceptors (Lipinski definition) is 4. The number of methoxy groups -OCH3 is 1. The van der Waals surface area contributed by atoms with Crippen molar-refractivity contribution in [1.29, 1.82) is 0 Å². The number of rotatable bonds is 8. The molecule has 0 radical (unpaired) electrons. The van der Waals surface area contributed by atoms with Crippen molar-refractivity contribution in [2.75, 3.05) is 17.1 Å². The first-order valence-corrected chi connectivity index (χ1v) is 9.92. The van der Waals surface area contributed by atoms with E-state index in [0.29, 0.717) is 29.1 Å². The molecule has 2 aromatic rings. The highest BCUT2D eigenvalue weighted by molar-refractivity contribution is 7.92. The van der Waals surface area contributed by atoms with Crippen molar-refractivity contribution < 1.29 is 17.9 Å².